The van der Waals surface area contributed by atoms with E-state index in [9.17, 15) is 9.59 Å². The van der Waals surface area contributed by atoms with Crippen LogP contribution in [0.1, 0.15) is 6.42 Å². The fraction of sp³-hybridized carbons (Fsp3) is 0.600. The Hall–Kier alpha value is -1.28. The molecular weight excluding hydrogens is 212 g/mol. The lowest BCUT2D eigenvalue weighted by Crippen LogP contribution is -2.17. The monoisotopic (exact) mass is 228 g/mol. The summed E-state index contributed by atoms with van der Waals surface area (Å²) in [6.07, 6.45) is -0.356. The van der Waals surface area contributed by atoms with Crippen LogP contribution in [0, 0.1) is 11.5 Å². The molecule has 0 N–H and O–H groups in total. The van der Waals surface area contributed by atoms with Gasteiger partial charge in [-0.25, -0.2) is 0 Å². The van der Waals surface area contributed by atoms with Crippen LogP contribution < -0.4 is 0 Å². The van der Waals surface area contributed by atoms with Crippen LogP contribution in [-0.4, -0.2) is 33.7 Å². The van der Waals surface area contributed by atoms with Gasteiger partial charge >= 0.3 is 11.9 Å². The summed E-state index contributed by atoms with van der Waals surface area (Å²) in [5, 5.41) is 0. The maximum Gasteiger partial charge on any atom is 0.318 e. The standard InChI is InChI=1S/C10H16O4Si/c1-13-9(11)8-10(12)14-6-5-7-15(2,3)4/h6,8H2,1-4H3. The molecule has 0 aliphatic rings. The molecule has 15 heavy (non-hydrogen) atoms. The second kappa shape index (κ2) is 6.25. The third kappa shape index (κ3) is 9.03. The van der Waals surface area contributed by atoms with Crippen LogP contribution in [0.4, 0.5) is 0 Å². The average Bonchev–Trinajstić information content (AvgIpc) is 2.11. The van der Waals surface area contributed by atoms with E-state index in [1.54, 1.807) is 0 Å². The molecule has 0 spiro atoms. The highest BCUT2D eigenvalue weighted by Gasteiger charge is 2.10. The van der Waals surface area contributed by atoms with Gasteiger partial charge in [-0.15, -0.1) is 5.54 Å². The molecule has 0 aromatic carbocycles. The van der Waals surface area contributed by atoms with Gasteiger partial charge in [-0.2, -0.15) is 0 Å². The van der Waals surface area contributed by atoms with Crippen molar-refractivity contribution in [3.63, 3.8) is 0 Å². The summed E-state index contributed by atoms with van der Waals surface area (Å²) in [5.74, 6) is 1.56. The molecule has 0 aromatic heterocycles. The zero-order valence-corrected chi connectivity index (χ0v) is 10.5. The summed E-state index contributed by atoms with van der Waals surface area (Å²) in [5.41, 5.74) is 3.04. The summed E-state index contributed by atoms with van der Waals surface area (Å²) in [6.45, 7) is 6.32. The second-order valence-electron chi connectivity index (χ2n) is 3.97. The van der Waals surface area contributed by atoms with Crippen molar-refractivity contribution in [1.82, 2.24) is 0 Å². The summed E-state index contributed by atoms with van der Waals surface area (Å²) < 4.78 is 9.03. The van der Waals surface area contributed by atoms with Crippen molar-refractivity contribution in [1.29, 1.82) is 0 Å². The van der Waals surface area contributed by atoms with Crippen molar-refractivity contribution in [3.05, 3.63) is 0 Å². The van der Waals surface area contributed by atoms with Crippen molar-refractivity contribution in [2.75, 3.05) is 13.7 Å². The van der Waals surface area contributed by atoms with Gasteiger partial charge in [-0.05, 0) is 0 Å². The van der Waals surface area contributed by atoms with Gasteiger partial charge in [0.2, 0.25) is 0 Å². The van der Waals surface area contributed by atoms with Gasteiger partial charge in [0, 0.05) is 0 Å². The Kier molecular flexibility index (Phi) is 5.71. The lowest BCUT2D eigenvalue weighted by Gasteiger charge is -2.03. The summed E-state index contributed by atoms with van der Waals surface area (Å²) in [7, 11) is -0.189. The van der Waals surface area contributed by atoms with Gasteiger partial charge < -0.3 is 9.47 Å². The molecule has 0 saturated carbocycles. The van der Waals surface area contributed by atoms with E-state index in [0.29, 0.717) is 0 Å². The van der Waals surface area contributed by atoms with E-state index in [4.69, 9.17) is 4.74 Å². The van der Waals surface area contributed by atoms with Crippen LogP contribution in [0.5, 0.6) is 0 Å². The summed E-state index contributed by atoms with van der Waals surface area (Å²) in [6, 6.07) is 0. The van der Waals surface area contributed by atoms with Crippen LogP contribution in [0.15, 0.2) is 0 Å². The van der Waals surface area contributed by atoms with Crippen molar-refractivity contribution < 1.29 is 19.1 Å². The predicted octanol–water partition coefficient (Wildman–Crippen LogP) is 0.973. The molecule has 0 atom stereocenters. The van der Waals surface area contributed by atoms with E-state index < -0.39 is 20.0 Å². The minimum atomic E-state index is -1.41. The Bertz CT molecular complexity index is 293. The number of carbonyl (C=O) groups is 2. The summed E-state index contributed by atoms with van der Waals surface area (Å²) in [4.78, 5) is 21.6. The topological polar surface area (TPSA) is 52.6 Å². The number of ether oxygens (including phenoxy) is 2. The molecule has 0 unspecified atom stereocenters. The fourth-order valence-corrected chi connectivity index (χ4v) is 1.26. The Labute approximate surface area is 91.0 Å². The Morgan fingerprint density at radius 1 is 1.20 bits per heavy atom. The molecule has 0 fully saturated rings. The molecule has 84 valence electrons. The fourth-order valence-electron chi connectivity index (χ4n) is 0.659. The van der Waals surface area contributed by atoms with Gasteiger partial charge in [0.05, 0.1) is 7.11 Å². The highest BCUT2D eigenvalue weighted by atomic mass is 28.3. The van der Waals surface area contributed by atoms with E-state index in [0.717, 1.165) is 0 Å². The molecule has 5 heteroatoms. The smallest absolute Gasteiger partial charge is 0.318 e. The molecule has 0 bridgehead atoms. The van der Waals surface area contributed by atoms with E-state index in [1.165, 1.54) is 7.11 Å². The number of carbonyl (C=O) groups excluding carboxylic acids is 2. The first kappa shape index (κ1) is 13.7. The van der Waals surface area contributed by atoms with Crippen molar-refractivity contribution in [2.24, 2.45) is 0 Å². The number of methoxy groups -OCH3 is 1. The molecule has 0 aliphatic heterocycles. The van der Waals surface area contributed by atoms with Crippen LogP contribution in [-0.2, 0) is 19.1 Å². The minimum absolute atomic E-state index is 0.0418. The molecule has 0 aromatic rings. The second-order valence-corrected chi connectivity index (χ2v) is 8.72. The Balaban J connectivity index is 3.81. The molecule has 4 nitrogen and oxygen atoms in total. The third-order valence-corrected chi connectivity index (χ3v) is 2.21. The maximum absolute atomic E-state index is 11.0. The average molecular weight is 228 g/mol. The quantitative estimate of drug-likeness (QED) is 0.313. The molecule has 0 radical (unpaired) electrons. The van der Waals surface area contributed by atoms with E-state index >= 15 is 0 Å². The minimum Gasteiger partial charge on any atom is -0.469 e. The zero-order valence-electron chi connectivity index (χ0n) is 9.55. The third-order valence-electron chi connectivity index (χ3n) is 1.29. The number of hydrogen-bond donors (Lipinski definition) is 0. The number of esters is 2. The van der Waals surface area contributed by atoms with Crippen LogP contribution in [0.2, 0.25) is 19.6 Å². The normalized spacial score (nSPS) is 9.87. The lowest BCUT2D eigenvalue weighted by atomic mass is 10.4. The Morgan fingerprint density at radius 2 is 1.80 bits per heavy atom. The highest BCUT2D eigenvalue weighted by molar-refractivity contribution is 6.83. The predicted molar refractivity (Wildman–Crippen MR) is 58.7 cm³/mol. The summed E-state index contributed by atoms with van der Waals surface area (Å²) >= 11 is 0. The maximum atomic E-state index is 11.0. The van der Waals surface area contributed by atoms with Crippen LogP contribution in [0.25, 0.3) is 0 Å². The largest absolute Gasteiger partial charge is 0.469 e. The molecule has 0 saturated heterocycles. The number of rotatable bonds is 3. The van der Waals surface area contributed by atoms with Crippen molar-refractivity contribution in [3.8, 4) is 11.5 Å². The molecule has 0 heterocycles. The highest BCUT2D eigenvalue weighted by Crippen LogP contribution is 1.96. The van der Waals surface area contributed by atoms with Crippen LogP contribution in [0.3, 0.4) is 0 Å². The first-order valence-corrected chi connectivity index (χ1v) is 8.07. The van der Waals surface area contributed by atoms with Crippen LogP contribution >= 0.6 is 0 Å². The van der Waals surface area contributed by atoms with Gasteiger partial charge in [-0.1, -0.05) is 25.6 Å². The molecular formula is C10H16O4Si. The Morgan fingerprint density at radius 3 is 2.27 bits per heavy atom. The number of hydrogen-bond acceptors (Lipinski definition) is 4. The SMILES string of the molecule is COC(=O)CC(=O)OCC#C[Si](C)(C)C. The zero-order chi connectivity index (χ0) is 11.9. The van der Waals surface area contributed by atoms with Gasteiger partial charge in [0.25, 0.3) is 0 Å². The lowest BCUT2D eigenvalue weighted by molar-refractivity contribution is -0.152. The van der Waals surface area contributed by atoms with Crippen molar-refractivity contribution >= 4 is 20.0 Å². The molecule has 0 amide bonds. The van der Waals surface area contributed by atoms with Crippen molar-refractivity contribution in [2.45, 2.75) is 26.1 Å². The molecule has 0 rings (SSSR count). The van der Waals surface area contributed by atoms with Gasteiger partial charge in [-0.3, -0.25) is 9.59 Å². The van der Waals surface area contributed by atoms with Gasteiger partial charge in [0.15, 0.2) is 6.61 Å². The first-order chi connectivity index (χ1) is 6.85. The van der Waals surface area contributed by atoms with E-state index in [2.05, 4.69) is 35.8 Å². The first-order valence-electron chi connectivity index (χ1n) is 4.57. The molecule has 0 aliphatic carbocycles. The van der Waals surface area contributed by atoms with Gasteiger partial charge in [0.1, 0.15) is 14.5 Å². The van der Waals surface area contributed by atoms with E-state index in [-0.39, 0.29) is 13.0 Å². The van der Waals surface area contributed by atoms with E-state index in [1.807, 2.05) is 0 Å².